The molecular weight excluding hydrogens is 799 g/mol. The lowest BCUT2D eigenvalue weighted by Gasteiger charge is -2.33. The van der Waals surface area contributed by atoms with Crippen LogP contribution in [0.4, 0.5) is 17.1 Å². The normalized spacial score (nSPS) is 13.8. The average Bonchev–Trinajstić information content (AvgIpc) is 3.97. The molecule has 0 saturated carbocycles. The minimum Gasteiger partial charge on any atom is -0.456 e. The van der Waals surface area contributed by atoms with Crippen LogP contribution < -0.4 is 4.90 Å². The SMILES string of the molecule is CC1(C)c2ccccc2-c2ccc(N(c3ccc(-c4ccccc4)cc3)c3ccc(-c4ccc5oc6cc7c(cc6c5c4)-c4ccccc4C7(c4ccccc4)c4ccccc4)cc3)cc21. The van der Waals surface area contributed by atoms with Crippen molar-refractivity contribution in [3.63, 3.8) is 0 Å². The first-order chi connectivity index (χ1) is 32.5. The molecule has 0 amide bonds. The fraction of sp³-hybridized carbons (Fsp3) is 0.0625. The van der Waals surface area contributed by atoms with Crippen LogP contribution in [0.3, 0.4) is 0 Å². The summed E-state index contributed by atoms with van der Waals surface area (Å²) in [7, 11) is 0. The monoisotopic (exact) mass is 843 g/mol. The first-order valence-electron chi connectivity index (χ1n) is 23.0. The summed E-state index contributed by atoms with van der Waals surface area (Å²) in [6.45, 7) is 4.70. The fourth-order valence-corrected chi connectivity index (χ4v) is 11.4. The van der Waals surface area contributed by atoms with Crippen LogP contribution in [-0.2, 0) is 10.8 Å². The predicted octanol–water partition coefficient (Wildman–Crippen LogP) is 17.1. The van der Waals surface area contributed by atoms with Gasteiger partial charge in [-0.1, -0.05) is 190 Å². The molecule has 2 aliphatic rings. The van der Waals surface area contributed by atoms with Gasteiger partial charge in [-0.05, 0) is 139 Å². The molecule has 2 aliphatic carbocycles. The van der Waals surface area contributed by atoms with Crippen molar-refractivity contribution in [3.8, 4) is 44.5 Å². The Kier molecular flexibility index (Phi) is 8.51. The third-order valence-corrected chi connectivity index (χ3v) is 14.6. The summed E-state index contributed by atoms with van der Waals surface area (Å²) in [6, 6.07) is 86.7. The van der Waals surface area contributed by atoms with E-state index in [0.717, 1.165) is 50.1 Å². The smallest absolute Gasteiger partial charge is 0.135 e. The highest BCUT2D eigenvalue weighted by Crippen LogP contribution is 2.57. The van der Waals surface area contributed by atoms with Crippen LogP contribution in [0.5, 0.6) is 0 Å². The van der Waals surface area contributed by atoms with Gasteiger partial charge in [0.25, 0.3) is 0 Å². The van der Waals surface area contributed by atoms with E-state index in [1.807, 2.05) is 0 Å². The summed E-state index contributed by atoms with van der Waals surface area (Å²) in [5.74, 6) is 0. The molecule has 13 rings (SSSR count). The molecule has 0 saturated heterocycles. The van der Waals surface area contributed by atoms with Gasteiger partial charge in [-0.3, -0.25) is 0 Å². The largest absolute Gasteiger partial charge is 0.456 e. The van der Waals surface area contributed by atoms with Gasteiger partial charge < -0.3 is 9.32 Å². The lowest BCUT2D eigenvalue weighted by atomic mass is 9.67. The van der Waals surface area contributed by atoms with Gasteiger partial charge in [-0.15, -0.1) is 0 Å². The fourth-order valence-electron chi connectivity index (χ4n) is 11.4. The molecular formula is C64H45NO. The summed E-state index contributed by atoms with van der Waals surface area (Å²) in [6.07, 6.45) is 0. The van der Waals surface area contributed by atoms with Crippen LogP contribution in [0.15, 0.2) is 241 Å². The molecule has 312 valence electrons. The predicted molar refractivity (Wildman–Crippen MR) is 274 cm³/mol. The van der Waals surface area contributed by atoms with Gasteiger partial charge in [0.15, 0.2) is 0 Å². The van der Waals surface area contributed by atoms with Gasteiger partial charge in [-0.25, -0.2) is 0 Å². The summed E-state index contributed by atoms with van der Waals surface area (Å²) in [5.41, 5.74) is 22.2. The molecule has 0 radical (unpaired) electrons. The van der Waals surface area contributed by atoms with Gasteiger partial charge in [0.1, 0.15) is 11.2 Å². The van der Waals surface area contributed by atoms with Crippen LogP contribution in [0.25, 0.3) is 66.4 Å². The van der Waals surface area contributed by atoms with Crippen molar-refractivity contribution in [2.45, 2.75) is 24.7 Å². The molecule has 0 N–H and O–H groups in total. The standard InChI is InChI=1S/C64H45NO/c1-63(2)57-24-14-12-22-51(57)53-36-35-50(39-59(53)63)65(48-31-26-43(27-32-48)42-16-6-3-7-17-42)49-33-28-44(29-34-49)45-30-37-61-55(38-45)56-40-54-52-23-13-15-25-58(52)64(46-18-8-4-9-19-46,47-20-10-5-11-21-47)60(54)41-62(56)66-61/h3-41H,1-2H3. The zero-order chi connectivity index (χ0) is 44.0. The average molecular weight is 844 g/mol. The second-order valence-corrected chi connectivity index (χ2v) is 18.4. The first-order valence-corrected chi connectivity index (χ1v) is 23.0. The lowest BCUT2D eigenvalue weighted by molar-refractivity contribution is 0.660. The van der Waals surface area contributed by atoms with Crippen molar-refractivity contribution in [3.05, 3.63) is 270 Å². The van der Waals surface area contributed by atoms with Gasteiger partial charge >= 0.3 is 0 Å². The van der Waals surface area contributed by atoms with Gasteiger partial charge in [0, 0.05) is 33.2 Å². The molecule has 1 heterocycles. The quantitative estimate of drug-likeness (QED) is 0.159. The lowest BCUT2D eigenvalue weighted by Crippen LogP contribution is -2.28. The molecule has 0 atom stereocenters. The van der Waals surface area contributed by atoms with E-state index in [1.54, 1.807) is 0 Å². The first kappa shape index (κ1) is 38.3. The Morgan fingerprint density at radius 1 is 0.318 bits per heavy atom. The Hall–Kier alpha value is -8.20. The van der Waals surface area contributed by atoms with Gasteiger partial charge in [0.05, 0.1) is 5.41 Å². The van der Waals surface area contributed by atoms with Gasteiger partial charge in [0.2, 0.25) is 0 Å². The Morgan fingerprint density at radius 2 is 0.803 bits per heavy atom. The number of benzene rings is 10. The van der Waals surface area contributed by atoms with E-state index in [9.17, 15) is 0 Å². The maximum Gasteiger partial charge on any atom is 0.135 e. The van der Waals surface area contributed by atoms with Crippen molar-refractivity contribution in [2.24, 2.45) is 0 Å². The van der Waals surface area contributed by atoms with Crippen molar-refractivity contribution >= 4 is 39.0 Å². The molecule has 10 aromatic carbocycles. The second-order valence-electron chi connectivity index (χ2n) is 18.4. The molecule has 11 aromatic rings. The highest BCUT2D eigenvalue weighted by Gasteiger charge is 2.46. The van der Waals surface area contributed by atoms with E-state index in [4.69, 9.17) is 4.42 Å². The summed E-state index contributed by atoms with van der Waals surface area (Å²) in [4.78, 5) is 2.40. The third-order valence-electron chi connectivity index (χ3n) is 14.6. The van der Waals surface area contributed by atoms with E-state index in [-0.39, 0.29) is 5.41 Å². The van der Waals surface area contributed by atoms with E-state index in [0.29, 0.717) is 0 Å². The molecule has 0 unspecified atom stereocenters. The number of anilines is 3. The molecule has 0 bridgehead atoms. The van der Waals surface area contributed by atoms with Crippen LogP contribution >= 0.6 is 0 Å². The number of nitrogens with zero attached hydrogens (tertiary/aromatic N) is 1. The molecule has 0 fully saturated rings. The van der Waals surface area contributed by atoms with E-state index in [2.05, 4.69) is 255 Å². The maximum absolute atomic E-state index is 6.78. The van der Waals surface area contributed by atoms with E-state index >= 15 is 0 Å². The zero-order valence-corrected chi connectivity index (χ0v) is 36.9. The maximum atomic E-state index is 6.78. The van der Waals surface area contributed by atoms with Crippen LogP contribution in [-0.4, -0.2) is 0 Å². The number of hydrogen-bond donors (Lipinski definition) is 0. The Bertz CT molecular complexity index is 3600. The van der Waals surface area contributed by atoms with E-state index < -0.39 is 5.41 Å². The minimum absolute atomic E-state index is 0.110. The molecule has 2 heteroatoms. The van der Waals surface area contributed by atoms with Crippen molar-refractivity contribution in [2.75, 3.05) is 4.90 Å². The van der Waals surface area contributed by atoms with Crippen LogP contribution in [0.2, 0.25) is 0 Å². The summed E-state index contributed by atoms with van der Waals surface area (Å²) >= 11 is 0. The number of hydrogen-bond acceptors (Lipinski definition) is 2. The number of fused-ring (bicyclic) bond motifs is 9. The van der Waals surface area contributed by atoms with Crippen LogP contribution in [0.1, 0.15) is 47.2 Å². The minimum atomic E-state index is -0.479. The van der Waals surface area contributed by atoms with Crippen molar-refractivity contribution in [1.82, 2.24) is 0 Å². The Morgan fingerprint density at radius 3 is 1.45 bits per heavy atom. The molecule has 1 aromatic heterocycles. The molecule has 0 aliphatic heterocycles. The van der Waals surface area contributed by atoms with Crippen LogP contribution in [0, 0.1) is 0 Å². The highest BCUT2D eigenvalue weighted by atomic mass is 16.3. The third kappa shape index (κ3) is 5.68. The summed E-state index contributed by atoms with van der Waals surface area (Å²) in [5, 5.41) is 2.24. The molecule has 66 heavy (non-hydrogen) atoms. The number of furan rings is 1. The second kappa shape index (κ2) is 14.7. The van der Waals surface area contributed by atoms with Crippen molar-refractivity contribution < 1.29 is 4.42 Å². The number of rotatable bonds is 7. The zero-order valence-electron chi connectivity index (χ0n) is 36.9. The molecule has 0 spiro atoms. The summed E-state index contributed by atoms with van der Waals surface area (Å²) < 4.78 is 6.78. The topological polar surface area (TPSA) is 16.4 Å². The highest BCUT2D eigenvalue weighted by molar-refractivity contribution is 6.09. The van der Waals surface area contributed by atoms with Crippen molar-refractivity contribution in [1.29, 1.82) is 0 Å². The Labute approximate surface area is 385 Å². The van der Waals surface area contributed by atoms with E-state index in [1.165, 1.54) is 66.8 Å². The molecule has 2 nitrogen and oxygen atoms in total. The van der Waals surface area contributed by atoms with Gasteiger partial charge in [-0.2, -0.15) is 0 Å². The Balaban J connectivity index is 0.913.